The zero-order valence-corrected chi connectivity index (χ0v) is 13.5. The normalized spacial score (nSPS) is 56.0. The van der Waals surface area contributed by atoms with E-state index in [1.807, 2.05) is 6.92 Å². The average molecular weight is 288 g/mol. The zero-order valence-electron chi connectivity index (χ0n) is 13.5. The van der Waals surface area contributed by atoms with Crippen LogP contribution in [0.15, 0.2) is 12.2 Å². The number of ketones is 1. The Labute approximate surface area is 128 Å². The molecule has 0 radical (unpaired) electrons. The van der Waals surface area contributed by atoms with Crippen molar-refractivity contribution in [2.45, 2.75) is 70.8 Å². The van der Waals surface area contributed by atoms with Crippen LogP contribution in [-0.2, 0) is 4.79 Å². The third-order valence-corrected chi connectivity index (χ3v) is 7.94. The van der Waals surface area contributed by atoms with Crippen molar-refractivity contribution in [1.82, 2.24) is 0 Å². The van der Waals surface area contributed by atoms with Crippen LogP contribution in [0.4, 0.5) is 0 Å². The largest absolute Gasteiger partial charge is 0.390 e. The van der Waals surface area contributed by atoms with Crippen LogP contribution in [0.2, 0.25) is 0 Å². The second-order valence-corrected chi connectivity index (χ2v) is 8.85. The van der Waals surface area contributed by atoms with E-state index in [-0.39, 0.29) is 10.8 Å². The van der Waals surface area contributed by atoms with Gasteiger partial charge in [-0.3, -0.25) is 4.79 Å². The second-order valence-electron chi connectivity index (χ2n) is 8.85. The molecule has 4 fully saturated rings. The number of carbonyl (C=O) groups excluding carboxylic acids is 1. The molecule has 0 aromatic heterocycles. The molecule has 0 aromatic rings. The molecule has 1 N–H and O–H groups in total. The van der Waals surface area contributed by atoms with Crippen molar-refractivity contribution in [3.8, 4) is 0 Å². The number of hydrogen-bond donors (Lipinski definition) is 1. The Bertz CT molecular complexity index is 520. The maximum atomic E-state index is 13.0. The van der Waals surface area contributed by atoms with Crippen LogP contribution in [0.25, 0.3) is 0 Å². The van der Waals surface area contributed by atoms with Crippen molar-refractivity contribution in [2.24, 2.45) is 28.6 Å². The van der Waals surface area contributed by atoms with Crippen molar-refractivity contribution >= 4 is 5.78 Å². The highest BCUT2D eigenvalue weighted by Crippen LogP contribution is 2.69. The Hall–Kier alpha value is -0.630. The van der Waals surface area contributed by atoms with Crippen molar-refractivity contribution in [2.75, 3.05) is 0 Å². The Balaban J connectivity index is 1.79. The lowest BCUT2D eigenvalue weighted by Gasteiger charge is -2.62. The summed E-state index contributed by atoms with van der Waals surface area (Å²) in [6.45, 7) is 8.54. The van der Waals surface area contributed by atoms with Crippen molar-refractivity contribution in [1.29, 1.82) is 0 Å². The van der Waals surface area contributed by atoms with Crippen LogP contribution in [0.1, 0.15) is 65.2 Å². The number of carbonyl (C=O) groups is 1. The molecule has 2 nitrogen and oxygen atoms in total. The van der Waals surface area contributed by atoms with E-state index < -0.39 is 5.60 Å². The molecule has 0 aliphatic heterocycles. The summed E-state index contributed by atoms with van der Waals surface area (Å²) in [7, 11) is 0. The number of rotatable bonds is 0. The van der Waals surface area contributed by atoms with E-state index >= 15 is 0 Å². The van der Waals surface area contributed by atoms with E-state index in [1.165, 1.54) is 12.8 Å². The van der Waals surface area contributed by atoms with E-state index in [1.54, 1.807) is 0 Å². The van der Waals surface area contributed by atoms with Gasteiger partial charge in [0, 0.05) is 5.41 Å². The van der Waals surface area contributed by atoms with Gasteiger partial charge in [0.1, 0.15) is 0 Å². The second kappa shape index (κ2) is 4.01. The van der Waals surface area contributed by atoms with Gasteiger partial charge in [0.05, 0.1) is 5.60 Å². The Kier molecular flexibility index (Phi) is 2.67. The van der Waals surface area contributed by atoms with Crippen LogP contribution >= 0.6 is 0 Å². The number of fused-ring (bicyclic) bond motifs is 3. The molecular weight excluding hydrogens is 260 g/mol. The van der Waals surface area contributed by atoms with Gasteiger partial charge in [-0.1, -0.05) is 19.9 Å². The summed E-state index contributed by atoms with van der Waals surface area (Å²) in [5.74, 6) is 1.68. The van der Waals surface area contributed by atoms with E-state index in [4.69, 9.17) is 0 Å². The first kappa shape index (κ1) is 14.0. The monoisotopic (exact) mass is 288 g/mol. The molecule has 4 aliphatic carbocycles. The van der Waals surface area contributed by atoms with Gasteiger partial charge in [-0.2, -0.15) is 0 Å². The van der Waals surface area contributed by atoms with Gasteiger partial charge in [-0.05, 0) is 80.6 Å². The minimum Gasteiger partial charge on any atom is -0.390 e. The Morgan fingerprint density at radius 3 is 2.62 bits per heavy atom. The SMILES string of the molecule is C=C1C(=O)C23CCC4C(C)(O)CCCC4(C)C2CCC1C3. The molecule has 6 atom stereocenters. The third-order valence-electron chi connectivity index (χ3n) is 7.94. The molecule has 6 unspecified atom stereocenters. The van der Waals surface area contributed by atoms with Gasteiger partial charge in [0.25, 0.3) is 0 Å². The van der Waals surface area contributed by atoms with E-state index in [0.717, 1.165) is 44.1 Å². The van der Waals surface area contributed by atoms with Crippen molar-refractivity contribution < 1.29 is 9.90 Å². The quantitative estimate of drug-likeness (QED) is 0.687. The smallest absolute Gasteiger partial charge is 0.165 e. The maximum absolute atomic E-state index is 13.0. The zero-order chi connectivity index (χ0) is 15.0. The van der Waals surface area contributed by atoms with E-state index in [0.29, 0.717) is 23.5 Å². The summed E-state index contributed by atoms with van der Waals surface area (Å²) >= 11 is 0. The number of hydrogen-bond acceptors (Lipinski definition) is 2. The molecule has 4 rings (SSSR count). The lowest BCUT2D eigenvalue weighted by atomic mass is 9.43. The molecule has 1 spiro atoms. The van der Waals surface area contributed by atoms with Gasteiger partial charge in [-0.15, -0.1) is 0 Å². The lowest BCUT2D eigenvalue weighted by molar-refractivity contribution is -0.183. The molecule has 4 aliphatic rings. The Morgan fingerprint density at radius 1 is 1.10 bits per heavy atom. The molecule has 0 aromatic carbocycles. The van der Waals surface area contributed by atoms with Gasteiger partial charge in [-0.25, -0.2) is 0 Å². The maximum Gasteiger partial charge on any atom is 0.165 e. The van der Waals surface area contributed by atoms with Crippen LogP contribution in [-0.4, -0.2) is 16.5 Å². The fourth-order valence-electron chi connectivity index (χ4n) is 7.08. The summed E-state index contributed by atoms with van der Waals surface area (Å²) in [5, 5.41) is 10.9. The van der Waals surface area contributed by atoms with Gasteiger partial charge in [0.2, 0.25) is 0 Å². The molecule has 0 heterocycles. The first-order chi connectivity index (χ1) is 9.81. The third kappa shape index (κ3) is 1.55. The summed E-state index contributed by atoms with van der Waals surface area (Å²) in [6.07, 6.45) is 8.58. The van der Waals surface area contributed by atoms with Crippen molar-refractivity contribution in [3.05, 3.63) is 12.2 Å². The van der Waals surface area contributed by atoms with E-state index in [2.05, 4.69) is 13.5 Å². The van der Waals surface area contributed by atoms with Gasteiger partial charge in [0.15, 0.2) is 5.78 Å². The number of aliphatic hydroxyl groups is 1. The topological polar surface area (TPSA) is 37.3 Å². The minimum absolute atomic E-state index is 0.112. The van der Waals surface area contributed by atoms with Crippen molar-refractivity contribution in [3.63, 3.8) is 0 Å². The molecule has 2 heteroatoms. The fraction of sp³-hybridized carbons (Fsp3) is 0.842. The van der Waals surface area contributed by atoms with Crippen LogP contribution in [0.3, 0.4) is 0 Å². The first-order valence-electron chi connectivity index (χ1n) is 8.77. The predicted molar refractivity (Wildman–Crippen MR) is 82.7 cm³/mol. The van der Waals surface area contributed by atoms with Crippen LogP contribution in [0.5, 0.6) is 0 Å². The fourth-order valence-corrected chi connectivity index (χ4v) is 7.08. The average Bonchev–Trinajstić information content (AvgIpc) is 2.59. The number of Topliss-reactive ketones (excluding diaryl/α,β-unsaturated/α-hetero) is 1. The van der Waals surface area contributed by atoms with Crippen LogP contribution < -0.4 is 0 Å². The molecule has 2 bridgehead atoms. The summed E-state index contributed by atoms with van der Waals surface area (Å²) < 4.78 is 0. The summed E-state index contributed by atoms with van der Waals surface area (Å²) in [5.41, 5.74) is 0.413. The highest BCUT2D eigenvalue weighted by atomic mass is 16.3. The number of allylic oxidation sites excluding steroid dienone is 1. The molecule has 0 amide bonds. The molecule has 4 saturated carbocycles. The Morgan fingerprint density at radius 2 is 1.86 bits per heavy atom. The molecule has 116 valence electrons. The molecular formula is C19H28O2. The lowest BCUT2D eigenvalue weighted by Crippen LogP contribution is -2.60. The molecule has 0 saturated heterocycles. The van der Waals surface area contributed by atoms with Crippen LogP contribution in [0, 0.1) is 28.6 Å². The first-order valence-corrected chi connectivity index (χ1v) is 8.77. The standard InChI is InChI=1S/C19H28O2/c1-12-13-5-6-15-17(2)8-4-9-18(3,21)14(17)7-10-19(15,11-13)16(12)20/h13-15,21H,1,4-11H2,2-3H3. The predicted octanol–water partition coefficient (Wildman–Crippen LogP) is 3.88. The van der Waals surface area contributed by atoms with Gasteiger partial charge >= 0.3 is 0 Å². The summed E-state index contributed by atoms with van der Waals surface area (Å²) in [4.78, 5) is 13.0. The van der Waals surface area contributed by atoms with Gasteiger partial charge < -0.3 is 5.11 Å². The highest BCUT2D eigenvalue weighted by Gasteiger charge is 2.66. The minimum atomic E-state index is -0.538. The molecule has 21 heavy (non-hydrogen) atoms. The van der Waals surface area contributed by atoms with E-state index in [9.17, 15) is 9.90 Å². The summed E-state index contributed by atoms with van der Waals surface area (Å²) in [6, 6.07) is 0. The highest BCUT2D eigenvalue weighted by molar-refractivity contribution is 6.03.